The number of aromatic nitrogens is 1. The minimum atomic E-state index is -0.525. The summed E-state index contributed by atoms with van der Waals surface area (Å²) < 4.78 is 19.7. The van der Waals surface area contributed by atoms with Crippen LogP contribution in [0.2, 0.25) is 5.02 Å². The van der Waals surface area contributed by atoms with Gasteiger partial charge in [-0.05, 0) is 48.9 Å². The third-order valence-corrected chi connectivity index (χ3v) is 4.47. The fourth-order valence-corrected chi connectivity index (χ4v) is 3.14. The van der Waals surface area contributed by atoms with Gasteiger partial charge in [0, 0.05) is 16.7 Å². The molecule has 130 valence electrons. The molecule has 3 aromatic rings. The van der Waals surface area contributed by atoms with Gasteiger partial charge in [0.25, 0.3) is 0 Å². The molecular weight excluding hydrogens is 353 g/mol. The molecule has 1 heterocycles. The molecule has 0 bridgehead atoms. The van der Waals surface area contributed by atoms with Crippen molar-refractivity contribution in [2.75, 3.05) is 12.8 Å². The average Bonchev–Trinajstić information content (AvgIpc) is 2.64. The van der Waals surface area contributed by atoms with Gasteiger partial charge in [-0.2, -0.15) is 5.26 Å². The normalized spacial score (nSPS) is 10.4. The lowest BCUT2D eigenvalue weighted by Crippen LogP contribution is -2.04. The summed E-state index contributed by atoms with van der Waals surface area (Å²) in [6.07, 6.45) is 0. The van der Waals surface area contributed by atoms with Gasteiger partial charge < -0.3 is 10.5 Å². The summed E-state index contributed by atoms with van der Waals surface area (Å²) >= 11 is 6.23. The van der Waals surface area contributed by atoms with Crippen LogP contribution in [0.5, 0.6) is 5.75 Å². The average molecular weight is 368 g/mol. The summed E-state index contributed by atoms with van der Waals surface area (Å²) in [5, 5.41) is 9.75. The highest BCUT2D eigenvalue weighted by Crippen LogP contribution is 2.40. The number of nitrogen functional groups attached to an aromatic ring is 1. The molecule has 0 amide bonds. The Balaban J connectivity index is 2.34. The number of ether oxygens (including phenoxy) is 1. The van der Waals surface area contributed by atoms with Gasteiger partial charge in [-0.1, -0.05) is 17.7 Å². The number of halogens is 2. The summed E-state index contributed by atoms with van der Waals surface area (Å²) in [4.78, 5) is 4.36. The standard InChI is InChI=1S/C20H15ClFN3O/c1-11-17(18-15(21)4-3-5-16(18)22)14(10-23)20(24)25-19(11)12-6-8-13(26-2)9-7-12/h3-9H,1-2H3,(H2,24,25). The second-order valence-electron chi connectivity index (χ2n) is 5.66. The van der Waals surface area contributed by atoms with Gasteiger partial charge in [0.2, 0.25) is 0 Å². The predicted molar refractivity (Wildman–Crippen MR) is 100 cm³/mol. The van der Waals surface area contributed by atoms with E-state index in [0.29, 0.717) is 22.6 Å². The molecule has 0 unspecified atom stereocenters. The van der Waals surface area contributed by atoms with Crippen LogP contribution in [0.3, 0.4) is 0 Å². The number of methoxy groups -OCH3 is 1. The molecule has 0 atom stereocenters. The predicted octanol–water partition coefficient (Wildman–Crippen LogP) is 4.98. The van der Waals surface area contributed by atoms with Crippen molar-refractivity contribution in [2.24, 2.45) is 0 Å². The second-order valence-corrected chi connectivity index (χ2v) is 6.06. The van der Waals surface area contributed by atoms with Gasteiger partial charge in [-0.3, -0.25) is 0 Å². The Morgan fingerprint density at radius 1 is 1.15 bits per heavy atom. The van der Waals surface area contributed by atoms with Crippen LogP contribution in [0, 0.1) is 24.1 Å². The topological polar surface area (TPSA) is 71.9 Å². The van der Waals surface area contributed by atoms with Crippen molar-refractivity contribution >= 4 is 17.4 Å². The Morgan fingerprint density at radius 3 is 2.42 bits per heavy atom. The summed E-state index contributed by atoms with van der Waals surface area (Å²) in [6.45, 7) is 1.77. The van der Waals surface area contributed by atoms with E-state index in [-0.39, 0.29) is 22.0 Å². The molecule has 0 aliphatic rings. The van der Waals surface area contributed by atoms with Crippen LogP contribution >= 0.6 is 11.6 Å². The highest BCUT2D eigenvalue weighted by Gasteiger charge is 2.22. The van der Waals surface area contributed by atoms with Crippen molar-refractivity contribution in [3.63, 3.8) is 0 Å². The smallest absolute Gasteiger partial charge is 0.142 e. The molecule has 0 spiro atoms. The Labute approximate surface area is 155 Å². The van der Waals surface area contributed by atoms with Crippen molar-refractivity contribution in [1.82, 2.24) is 4.98 Å². The number of nitrogens with two attached hydrogens (primary N) is 1. The molecule has 26 heavy (non-hydrogen) atoms. The lowest BCUT2D eigenvalue weighted by Gasteiger charge is -2.16. The van der Waals surface area contributed by atoms with Crippen LogP contribution in [-0.4, -0.2) is 12.1 Å². The van der Waals surface area contributed by atoms with Crippen LogP contribution < -0.4 is 10.5 Å². The van der Waals surface area contributed by atoms with Gasteiger partial charge in [0.05, 0.1) is 17.8 Å². The Hall–Kier alpha value is -3.10. The van der Waals surface area contributed by atoms with Crippen molar-refractivity contribution in [3.8, 4) is 34.2 Å². The molecule has 2 aromatic carbocycles. The molecule has 0 aliphatic carbocycles. The van der Waals surface area contributed by atoms with Crippen molar-refractivity contribution in [1.29, 1.82) is 5.26 Å². The number of benzene rings is 2. The first kappa shape index (κ1) is 17.7. The quantitative estimate of drug-likeness (QED) is 0.708. The molecule has 0 fully saturated rings. The lowest BCUT2D eigenvalue weighted by atomic mass is 9.92. The van der Waals surface area contributed by atoms with Gasteiger partial charge in [-0.25, -0.2) is 9.37 Å². The number of hydrogen-bond acceptors (Lipinski definition) is 4. The molecule has 0 aliphatic heterocycles. The zero-order chi connectivity index (χ0) is 18.8. The Bertz CT molecular complexity index is 1010. The minimum absolute atomic E-state index is 0.0261. The second kappa shape index (κ2) is 7.03. The van der Waals surface area contributed by atoms with Crippen LogP contribution in [-0.2, 0) is 0 Å². The van der Waals surface area contributed by atoms with Crippen molar-refractivity contribution < 1.29 is 9.13 Å². The van der Waals surface area contributed by atoms with Gasteiger partial charge in [0.1, 0.15) is 29.0 Å². The number of anilines is 1. The van der Waals surface area contributed by atoms with E-state index in [2.05, 4.69) is 4.98 Å². The van der Waals surface area contributed by atoms with E-state index in [4.69, 9.17) is 22.1 Å². The molecule has 0 saturated carbocycles. The molecule has 3 rings (SSSR count). The molecule has 4 nitrogen and oxygen atoms in total. The molecule has 2 N–H and O–H groups in total. The van der Waals surface area contributed by atoms with Gasteiger partial charge >= 0.3 is 0 Å². The first-order valence-electron chi connectivity index (χ1n) is 7.77. The molecule has 0 radical (unpaired) electrons. The van der Waals surface area contributed by atoms with Crippen molar-refractivity contribution in [2.45, 2.75) is 6.92 Å². The number of nitriles is 1. The van der Waals surface area contributed by atoms with E-state index in [0.717, 1.165) is 5.56 Å². The fourth-order valence-electron chi connectivity index (χ4n) is 2.89. The number of pyridine rings is 1. The van der Waals surface area contributed by atoms with Crippen LogP contribution in [0.1, 0.15) is 11.1 Å². The van der Waals surface area contributed by atoms with E-state index in [1.807, 2.05) is 18.2 Å². The van der Waals surface area contributed by atoms with E-state index >= 15 is 0 Å². The Kier molecular flexibility index (Phi) is 4.79. The van der Waals surface area contributed by atoms with Crippen LogP contribution in [0.15, 0.2) is 42.5 Å². The number of rotatable bonds is 3. The van der Waals surface area contributed by atoms with Crippen LogP contribution in [0.25, 0.3) is 22.4 Å². The number of hydrogen-bond donors (Lipinski definition) is 1. The van der Waals surface area contributed by atoms with E-state index in [9.17, 15) is 9.65 Å². The van der Waals surface area contributed by atoms with E-state index in [1.165, 1.54) is 12.1 Å². The lowest BCUT2D eigenvalue weighted by molar-refractivity contribution is 0.415. The maximum absolute atomic E-state index is 14.5. The van der Waals surface area contributed by atoms with Gasteiger partial charge in [0.15, 0.2) is 0 Å². The third-order valence-electron chi connectivity index (χ3n) is 4.16. The third kappa shape index (κ3) is 2.96. The summed E-state index contributed by atoms with van der Waals surface area (Å²) in [5.41, 5.74) is 8.56. The van der Waals surface area contributed by atoms with Crippen LogP contribution in [0.4, 0.5) is 10.2 Å². The first-order valence-corrected chi connectivity index (χ1v) is 8.14. The van der Waals surface area contributed by atoms with E-state index in [1.54, 1.807) is 32.2 Å². The summed E-state index contributed by atoms with van der Waals surface area (Å²) in [7, 11) is 1.58. The monoisotopic (exact) mass is 367 g/mol. The molecule has 1 aromatic heterocycles. The summed E-state index contributed by atoms with van der Waals surface area (Å²) in [6, 6.07) is 13.6. The van der Waals surface area contributed by atoms with Crippen molar-refractivity contribution in [3.05, 3.63) is 64.4 Å². The van der Waals surface area contributed by atoms with Gasteiger partial charge in [-0.15, -0.1) is 0 Å². The molecule has 6 heteroatoms. The number of nitrogens with zero attached hydrogens (tertiary/aromatic N) is 2. The zero-order valence-corrected chi connectivity index (χ0v) is 14.9. The SMILES string of the molecule is COc1ccc(-c2nc(N)c(C#N)c(-c3c(F)cccc3Cl)c2C)cc1. The highest BCUT2D eigenvalue weighted by atomic mass is 35.5. The largest absolute Gasteiger partial charge is 0.497 e. The molecular formula is C20H15ClFN3O. The minimum Gasteiger partial charge on any atom is -0.497 e. The Morgan fingerprint density at radius 2 is 1.85 bits per heavy atom. The zero-order valence-electron chi connectivity index (χ0n) is 14.2. The molecule has 0 saturated heterocycles. The van der Waals surface area contributed by atoms with E-state index < -0.39 is 5.82 Å². The fraction of sp³-hybridized carbons (Fsp3) is 0.100. The summed E-state index contributed by atoms with van der Waals surface area (Å²) in [5.74, 6) is 0.201. The maximum atomic E-state index is 14.5. The first-order chi connectivity index (χ1) is 12.5. The highest BCUT2D eigenvalue weighted by molar-refractivity contribution is 6.33. The maximum Gasteiger partial charge on any atom is 0.142 e.